The molecule has 0 atom stereocenters. The Hall–Kier alpha value is -4.75. The standard InChI is InChI=1S/C15H16N2O2.C14H14N2O2.C9H14O4.C7H6ClN.C4H9O.ClH.K.H3N/c1-4-12-13(15(18)19-3)10(2)16-14(17-12)11-8-6-5-7-9-11;1-3-11-12(14(17)18)9(2)15-13(16-11)10-7-5-4-6-8-10;1-5-7(10)8(6(2)12-3)9(11)13-4;8-7(9)6-4-2-1-3-5-6;1-4(2,3)5;;;/h5-9H,4H2,1-3H3;4-8H,3H2,1-2H3,(H,17,18);5H2,1-4H3;1-5,9H;1-3H3;1H;;1H3/q;;;;-1;;+1;. The molecule has 0 aliphatic rings. The molecular formula is C49H63Cl2KN6O9. The SMILES string of the molecule is CC(C)(C)[O-].CCC(=O)C(C(=O)OC)=C(C)OC.CCc1nc(-c2ccccc2)nc(C)c1C(=O)O.CCc1nc(-c2ccccc2)nc(C)c1C(=O)OC.Cl.N.N=C(Cl)c1ccccc1.[K+]. The van der Waals surface area contributed by atoms with Crippen LogP contribution in [-0.2, 0) is 36.6 Å². The molecule has 0 radical (unpaired) electrons. The van der Waals surface area contributed by atoms with Crippen molar-refractivity contribution in [3.05, 3.63) is 142 Å². The molecule has 0 saturated heterocycles. The Balaban J connectivity index is -0.000000798. The summed E-state index contributed by atoms with van der Waals surface area (Å²) in [5, 5.41) is 26.4. The molecule has 0 amide bonds. The van der Waals surface area contributed by atoms with Gasteiger partial charge in [-0.05, 0) is 33.6 Å². The van der Waals surface area contributed by atoms with Crippen molar-refractivity contribution in [1.29, 1.82) is 5.41 Å². The van der Waals surface area contributed by atoms with Crippen LogP contribution in [0.5, 0.6) is 0 Å². The van der Waals surface area contributed by atoms with E-state index in [-0.39, 0.29) is 104 Å². The first-order chi connectivity index (χ1) is 30.2. The van der Waals surface area contributed by atoms with Crippen LogP contribution in [-0.4, -0.2) is 80.8 Å². The van der Waals surface area contributed by atoms with E-state index < -0.39 is 17.5 Å². The number of nitrogens with one attached hydrogen (secondary N) is 1. The first-order valence-electron chi connectivity index (χ1n) is 20.2. The summed E-state index contributed by atoms with van der Waals surface area (Å²) in [5.74, 6) is -0.758. The number of nitrogens with zero attached hydrogens (tertiary/aromatic N) is 4. The van der Waals surface area contributed by atoms with E-state index in [4.69, 9.17) is 31.6 Å². The normalized spacial score (nSPS) is 10.1. The number of benzene rings is 3. The number of carbonyl (C=O) groups is 4. The van der Waals surface area contributed by atoms with Gasteiger partial charge in [0.15, 0.2) is 17.4 Å². The Labute approximate surface area is 448 Å². The Morgan fingerprint density at radius 3 is 1.36 bits per heavy atom. The summed E-state index contributed by atoms with van der Waals surface area (Å²) in [4.78, 5) is 62.9. The summed E-state index contributed by atoms with van der Waals surface area (Å²) in [7, 11) is 4.00. The van der Waals surface area contributed by atoms with Gasteiger partial charge in [-0.3, -0.25) is 10.2 Å². The smallest absolute Gasteiger partial charge is 0.850 e. The van der Waals surface area contributed by atoms with Crippen LogP contribution >= 0.6 is 24.0 Å². The van der Waals surface area contributed by atoms with Crippen molar-refractivity contribution in [2.24, 2.45) is 0 Å². The van der Waals surface area contributed by atoms with Crippen LogP contribution in [0.3, 0.4) is 0 Å². The summed E-state index contributed by atoms with van der Waals surface area (Å²) in [6.07, 6.45) is 1.49. The minimum Gasteiger partial charge on any atom is -0.850 e. The van der Waals surface area contributed by atoms with Crippen LogP contribution in [0.4, 0.5) is 0 Å². The fourth-order valence-electron chi connectivity index (χ4n) is 5.27. The number of hydrogen-bond acceptors (Lipinski definition) is 14. The predicted octanol–water partition coefficient (Wildman–Crippen LogP) is 6.56. The Bertz CT molecular complexity index is 2330. The van der Waals surface area contributed by atoms with Gasteiger partial charge in [0.2, 0.25) is 0 Å². The van der Waals surface area contributed by atoms with Gasteiger partial charge in [0.1, 0.15) is 27.6 Å². The van der Waals surface area contributed by atoms with Crippen LogP contribution < -0.4 is 62.6 Å². The number of aromatic nitrogens is 4. The van der Waals surface area contributed by atoms with Crippen LogP contribution in [0, 0.1) is 19.3 Å². The second-order valence-electron chi connectivity index (χ2n) is 14.3. The molecule has 358 valence electrons. The first-order valence-corrected chi connectivity index (χ1v) is 20.6. The number of allylic oxidation sites excluding steroid dienone is 1. The van der Waals surface area contributed by atoms with E-state index in [0.29, 0.717) is 52.9 Å². The van der Waals surface area contributed by atoms with Crippen LogP contribution in [0.1, 0.15) is 104 Å². The average molecular weight is 990 g/mol. The number of methoxy groups -OCH3 is 3. The number of aryl methyl sites for hydroxylation is 4. The number of esters is 2. The van der Waals surface area contributed by atoms with Gasteiger partial charge < -0.3 is 30.6 Å². The third-order valence-corrected chi connectivity index (χ3v) is 8.56. The van der Waals surface area contributed by atoms with Gasteiger partial charge in [0.25, 0.3) is 0 Å². The molecule has 0 unspecified atom stereocenters. The topological polar surface area (TPSA) is 250 Å². The largest absolute Gasteiger partial charge is 1.00 e. The molecular weight excluding hydrogens is 927 g/mol. The number of carbonyl (C=O) groups excluding carboxylic acids is 3. The maximum Gasteiger partial charge on any atom is 1.00 e. The number of rotatable bonds is 11. The van der Waals surface area contributed by atoms with Crippen LogP contribution in [0.15, 0.2) is 102 Å². The van der Waals surface area contributed by atoms with Crippen LogP contribution in [0.25, 0.3) is 22.8 Å². The first kappa shape index (κ1) is 66.5. The van der Waals surface area contributed by atoms with Crippen molar-refractivity contribution in [2.75, 3.05) is 21.3 Å². The molecule has 0 saturated carbocycles. The van der Waals surface area contributed by atoms with E-state index in [9.17, 15) is 24.3 Å². The zero-order chi connectivity index (χ0) is 48.6. The number of aromatic carboxylic acids is 1. The third kappa shape index (κ3) is 23.7. The van der Waals surface area contributed by atoms with Crippen molar-refractivity contribution in [3.63, 3.8) is 0 Å². The second kappa shape index (κ2) is 34.5. The van der Waals surface area contributed by atoms with E-state index in [1.807, 2.05) is 92.7 Å². The maximum absolute atomic E-state index is 11.8. The molecule has 67 heavy (non-hydrogen) atoms. The summed E-state index contributed by atoms with van der Waals surface area (Å²) in [6, 6.07) is 28.5. The van der Waals surface area contributed by atoms with E-state index in [2.05, 4.69) is 24.7 Å². The van der Waals surface area contributed by atoms with Gasteiger partial charge in [-0.15, -0.1) is 18.0 Å². The van der Waals surface area contributed by atoms with E-state index in [1.54, 1.807) is 60.6 Å². The summed E-state index contributed by atoms with van der Waals surface area (Å²) in [5.41, 5.74) is 5.00. The van der Waals surface area contributed by atoms with Crippen LogP contribution in [0.2, 0.25) is 0 Å². The van der Waals surface area contributed by atoms with Crippen molar-refractivity contribution in [1.82, 2.24) is 26.1 Å². The number of carboxylic acids is 1. The van der Waals surface area contributed by atoms with Gasteiger partial charge in [-0.1, -0.05) is 144 Å². The van der Waals surface area contributed by atoms with Gasteiger partial charge >= 0.3 is 69.3 Å². The predicted molar refractivity (Wildman–Crippen MR) is 260 cm³/mol. The average Bonchev–Trinajstić information content (AvgIpc) is 3.28. The van der Waals surface area contributed by atoms with Crippen molar-refractivity contribution < 1.29 is 95.0 Å². The molecule has 3 aromatic carbocycles. The Kier molecular flexibility index (Phi) is 34.3. The van der Waals surface area contributed by atoms with Crippen molar-refractivity contribution >= 4 is 52.9 Å². The molecule has 15 nitrogen and oxygen atoms in total. The molecule has 0 fully saturated rings. The molecule has 0 aliphatic carbocycles. The summed E-state index contributed by atoms with van der Waals surface area (Å²) in [6.45, 7) is 15.5. The van der Waals surface area contributed by atoms with Gasteiger partial charge in [-0.2, -0.15) is 0 Å². The monoisotopic (exact) mass is 988 g/mol. The van der Waals surface area contributed by atoms with Gasteiger partial charge in [0.05, 0.1) is 44.1 Å². The van der Waals surface area contributed by atoms with Crippen molar-refractivity contribution in [2.45, 2.75) is 87.2 Å². The number of ether oxygens (including phenoxy) is 3. The van der Waals surface area contributed by atoms with E-state index >= 15 is 0 Å². The minimum absolute atomic E-state index is 0. The second-order valence-corrected chi connectivity index (χ2v) is 14.7. The quantitative estimate of drug-likeness (QED) is 0.0241. The number of ketones is 1. The molecule has 5 N–H and O–H groups in total. The number of halogens is 2. The zero-order valence-corrected chi connectivity index (χ0v) is 45.5. The Morgan fingerprint density at radius 1 is 0.687 bits per heavy atom. The molecule has 5 aromatic rings. The molecule has 5 rings (SSSR count). The van der Waals surface area contributed by atoms with Gasteiger partial charge in [0, 0.05) is 23.1 Å². The molecule has 0 bridgehead atoms. The third-order valence-electron chi connectivity index (χ3n) is 8.34. The fourth-order valence-corrected chi connectivity index (χ4v) is 5.40. The zero-order valence-electron chi connectivity index (χ0n) is 40.8. The fraction of sp³-hybridized carbons (Fsp3) is 0.327. The molecule has 0 aliphatic heterocycles. The maximum atomic E-state index is 11.8. The summed E-state index contributed by atoms with van der Waals surface area (Å²) >= 11 is 5.39. The molecule has 2 aromatic heterocycles. The van der Waals surface area contributed by atoms with Crippen molar-refractivity contribution in [3.8, 4) is 22.8 Å². The molecule has 0 spiro atoms. The van der Waals surface area contributed by atoms with E-state index in [0.717, 1.165) is 22.4 Å². The van der Waals surface area contributed by atoms with E-state index in [1.165, 1.54) is 21.3 Å². The van der Waals surface area contributed by atoms with Gasteiger partial charge in [-0.25, -0.2) is 34.3 Å². The minimum atomic E-state index is -0.969. The summed E-state index contributed by atoms with van der Waals surface area (Å²) < 4.78 is 14.1. The number of Topliss-reactive ketones (excluding diaryl/α,β-unsaturated/α-hetero) is 1. The number of hydrogen-bond donors (Lipinski definition) is 3. The number of carboxylic acid groups (broad SMARTS) is 1. The molecule has 2 heterocycles. The molecule has 18 heteroatoms. The Morgan fingerprint density at radius 2 is 1.06 bits per heavy atom.